The van der Waals surface area contributed by atoms with Gasteiger partial charge in [0.15, 0.2) is 5.82 Å². The average molecular weight is 207 g/mol. The van der Waals surface area contributed by atoms with Crippen molar-refractivity contribution in [2.24, 2.45) is 5.92 Å². The average Bonchev–Trinajstić information content (AvgIpc) is 2.89. The Hall–Kier alpha value is -1.39. The summed E-state index contributed by atoms with van der Waals surface area (Å²) in [5.74, 6) is 1.01. The minimum absolute atomic E-state index is 0.152. The van der Waals surface area contributed by atoms with E-state index in [2.05, 4.69) is 15.5 Å². The lowest BCUT2D eigenvalue weighted by Crippen LogP contribution is -2.52. The number of carbonyl (C=O) groups is 1. The molecule has 0 radical (unpaired) electrons. The molecule has 5 heteroatoms. The van der Waals surface area contributed by atoms with Crippen LogP contribution in [0.25, 0.3) is 0 Å². The predicted octanol–water partition coefficient (Wildman–Crippen LogP) is 0.975. The van der Waals surface area contributed by atoms with Gasteiger partial charge in [-0.3, -0.25) is 4.79 Å². The van der Waals surface area contributed by atoms with E-state index in [0.717, 1.165) is 32.1 Å². The molecular formula is C10H13N3O2. The van der Waals surface area contributed by atoms with Crippen molar-refractivity contribution in [3.8, 4) is 0 Å². The second-order valence-electron chi connectivity index (χ2n) is 4.45. The lowest BCUT2D eigenvalue weighted by atomic mass is 9.76. The Balaban J connectivity index is 1.77. The topological polar surface area (TPSA) is 68.0 Å². The van der Waals surface area contributed by atoms with Crippen LogP contribution < -0.4 is 5.32 Å². The molecule has 0 aliphatic heterocycles. The molecule has 5 nitrogen and oxygen atoms in total. The summed E-state index contributed by atoms with van der Waals surface area (Å²) >= 11 is 0. The third-order valence-corrected chi connectivity index (χ3v) is 3.31. The van der Waals surface area contributed by atoms with Crippen LogP contribution in [0.2, 0.25) is 0 Å². The highest BCUT2D eigenvalue weighted by Crippen LogP contribution is 2.41. The Morgan fingerprint density at radius 3 is 2.80 bits per heavy atom. The number of nitrogens with zero attached hydrogens (tertiary/aromatic N) is 2. The fourth-order valence-corrected chi connectivity index (χ4v) is 2.00. The SMILES string of the molecule is O=C(NC1(c2ncon2)CCC1)C1CC1. The van der Waals surface area contributed by atoms with E-state index in [0.29, 0.717) is 5.82 Å². The molecule has 0 aromatic carbocycles. The molecular weight excluding hydrogens is 194 g/mol. The van der Waals surface area contributed by atoms with E-state index < -0.39 is 0 Å². The highest BCUT2D eigenvalue weighted by Gasteiger charge is 2.45. The van der Waals surface area contributed by atoms with Crippen molar-refractivity contribution in [3.63, 3.8) is 0 Å². The maximum absolute atomic E-state index is 11.7. The molecule has 2 aliphatic carbocycles. The molecule has 0 atom stereocenters. The lowest BCUT2D eigenvalue weighted by molar-refractivity contribution is -0.125. The fraction of sp³-hybridized carbons (Fsp3) is 0.700. The molecule has 1 amide bonds. The zero-order valence-corrected chi connectivity index (χ0v) is 8.40. The van der Waals surface area contributed by atoms with E-state index in [9.17, 15) is 4.79 Å². The first-order valence-corrected chi connectivity index (χ1v) is 5.39. The first-order chi connectivity index (χ1) is 7.30. The summed E-state index contributed by atoms with van der Waals surface area (Å²) in [6, 6.07) is 0. The van der Waals surface area contributed by atoms with Crippen molar-refractivity contribution in [2.45, 2.75) is 37.6 Å². The van der Waals surface area contributed by atoms with Crippen molar-refractivity contribution in [1.29, 1.82) is 0 Å². The number of nitrogens with one attached hydrogen (secondary N) is 1. The monoisotopic (exact) mass is 207 g/mol. The van der Waals surface area contributed by atoms with Crippen molar-refractivity contribution >= 4 is 5.91 Å². The van der Waals surface area contributed by atoms with Crippen molar-refractivity contribution in [2.75, 3.05) is 0 Å². The molecule has 3 rings (SSSR count). The van der Waals surface area contributed by atoms with Gasteiger partial charge in [0.2, 0.25) is 12.3 Å². The van der Waals surface area contributed by atoms with E-state index >= 15 is 0 Å². The molecule has 0 unspecified atom stereocenters. The van der Waals surface area contributed by atoms with E-state index in [1.165, 1.54) is 6.39 Å². The van der Waals surface area contributed by atoms with Crippen LogP contribution in [0, 0.1) is 5.92 Å². The van der Waals surface area contributed by atoms with E-state index in [1.54, 1.807) is 0 Å². The number of carbonyl (C=O) groups excluding carboxylic acids is 1. The maximum Gasteiger partial charge on any atom is 0.223 e. The van der Waals surface area contributed by atoms with Gasteiger partial charge < -0.3 is 9.84 Å². The summed E-state index contributed by atoms with van der Waals surface area (Å²) in [4.78, 5) is 15.8. The van der Waals surface area contributed by atoms with Crippen LogP contribution in [0.1, 0.15) is 37.9 Å². The molecule has 1 aromatic heterocycles. The summed E-state index contributed by atoms with van der Waals surface area (Å²) < 4.78 is 4.74. The molecule has 2 aliphatic rings. The Labute approximate surface area is 87.2 Å². The normalized spacial score (nSPS) is 23.2. The molecule has 0 bridgehead atoms. The van der Waals surface area contributed by atoms with Gasteiger partial charge in [-0.15, -0.1) is 0 Å². The van der Waals surface area contributed by atoms with Gasteiger partial charge in [0.05, 0.1) is 0 Å². The Kier molecular flexibility index (Phi) is 1.81. The number of hydrogen-bond acceptors (Lipinski definition) is 4. The van der Waals surface area contributed by atoms with Gasteiger partial charge in [0.25, 0.3) is 0 Å². The summed E-state index contributed by atoms with van der Waals surface area (Å²) in [5, 5.41) is 6.91. The summed E-state index contributed by atoms with van der Waals surface area (Å²) in [6.07, 6.45) is 6.32. The van der Waals surface area contributed by atoms with Crippen molar-refractivity contribution < 1.29 is 9.32 Å². The largest absolute Gasteiger partial charge is 0.343 e. The Bertz CT molecular complexity index is 366. The highest BCUT2D eigenvalue weighted by atomic mass is 16.5. The van der Waals surface area contributed by atoms with Crippen LogP contribution in [-0.2, 0) is 10.3 Å². The minimum atomic E-state index is -0.327. The first kappa shape index (κ1) is 8.88. The summed E-state index contributed by atoms with van der Waals surface area (Å²) in [5.41, 5.74) is -0.327. The molecule has 15 heavy (non-hydrogen) atoms. The van der Waals surface area contributed by atoms with Crippen LogP contribution in [0.15, 0.2) is 10.9 Å². The van der Waals surface area contributed by atoms with Crippen molar-refractivity contribution in [1.82, 2.24) is 15.5 Å². The third kappa shape index (κ3) is 1.42. The standard InChI is InChI=1S/C10H13N3O2/c14-8(7-2-3-7)12-10(4-1-5-10)9-11-6-15-13-9/h6-7H,1-5H2,(H,12,14). The zero-order chi connectivity index (χ0) is 10.3. The Morgan fingerprint density at radius 2 is 2.33 bits per heavy atom. The van der Waals surface area contributed by atoms with Crippen LogP contribution in [-0.4, -0.2) is 16.0 Å². The van der Waals surface area contributed by atoms with Crippen LogP contribution in [0.4, 0.5) is 0 Å². The van der Waals surface area contributed by atoms with Crippen LogP contribution in [0.3, 0.4) is 0 Å². The smallest absolute Gasteiger partial charge is 0.223 e. The lowest BCUT2D eigenvalue weighted by Gasteiger charge is -2.39. The van der Waals surface area contributed by atoms with Crippen LogP contribution in [0.5, 0.6) is 0 Å². The number of rotatable bonds is 3. The van der Waals surface area contributed by atoms with Crippen LogP contribution >= 0.6 is 0 Å². The Morgan fingerprint density at radius 1 is 1.53 bits per heavy atom. The summed E-state index contributed by atoms with van der Waals surface area (Å²) in [7, 11) is 0. The van der Waals surface area contributed by atoms with Crippen molar-refractivity contribution in [3.05, 3.63) is 12.2 Å². The number of hydrogen-bond donors (Lipinski definition) is 1. The first-order valence-electron chi connectivity index (χ1n) is 5.39. The maximum atomic E-state index is 11.7. The molecule has 0 spiro atoms. The van der Waals surface area contributed by atoms with E-state index in [4.69, 9.17) is 4.52 Å². The molecule has 1 heterocycles. The zero-order valence-electron chi connectivity index (χ0n) is 8.40. The summed E-state index contributed by atoms with van der Waals surface area (Å²) in [6.45, 7) is 0. The number of amides is 1. The van der Waals surface area contributed by atoms with Gasteiger partial charge >= 0.3 is 0 Å². The van der Waals surface area contributed by atoms with Gasteiger partial charge in [0.1, 0.15) is 5.54 Å². The predicted molar refractivity (Wildman–Crippen MR) is 50.7 cm³/mol. The van der Waals surface area contributed by atoms with Gasteiger partial charge in [-0.1, -0.05) is 5.16 Å². The molecule has 1 N–H and O–H groups in total. The molecule has 1 aromatic rings. The highest BCUT2D eigenvalue weighted by molar-refractivity contribution is 5.81. The molecule has 2 saturated carbocycles. The van der Waals surface area contributed by atoms with Gasteiger partial charge in [-0.05, 0) is 32.1 Å². The molecule has 80 valence electrons. The fourth-order valence-electron chi connectivity index (χ4n) is 2.00. The van der Waals surface area contributed by atoms with Gasteiger partial charge in [-0.2, -0.15) is 4.98 Å². The second kappa shape index (κ2) is 3.05. The number of aromatic nitrogens is 2. The van der Waals surface area contributed by atoms with E-state index in [-0.39, 0.29) is 17.4 Å². The molecule has 0 saturated heterocycles. The van der Waals surface area contributed by atoms with Gasteiger partial charge in [0, 0.05) is 5.92 Å². The third-order valence-electron chi connectivity index (χ3n) is 3.31. The minimum Gasteiger partial charge on any atom is -0.343 e. The quantitative estimate of drug-likeness (QED) is 0.802. The van der Waals surface area contributed by atoms with E-state index in [1.807, 2.05) is 0 Å². The second-order valence-corrected chi connectivity index (χ2v) is 4.45. The van der Waals surface area contributed by atoms with Gasteiger partial charge in [-0.25, -0.2) is 0 Å². The molecule has 2 fully saturated rings.